The van der Waals surface area contributed by atoms with Crippen molar-refractivity contribution in [3.63, 3.8) is 0 Å². The number of rotatable bonds is 4. The smallest absolute Gasteiger partial charge is 0.236 e. The fourth-order valence-corrected chi connectivity index (χ4v) is 2.76. The molecule has 1 amide bonds. The summed E-state index contributed by atoms with van der Waals surface area (Å²) in [5, 5.41) is 4.10. The van der Waals surface area contributed by atoms with Gasteiger partial charge in [-0.3, -0.25) is 9.69 Å². The number of aromatic nitrogens is 2. The molecule has 24 heavy (non-hydrogen) atoms. The Hall–Kier alpha value is -1.96. The molecular weight excluding hydrogens is 328 g/mol. The van der Waals surface area contributed by atoms with E-state index in [9.17, 15) is 4.79 Å². The molecule has 3 N–H and O–H groups in total. The number of carbonyl (C=O) groups is 1. The zero-order valence-electron chi connectivity index (χ0n) is 13.7. The molecule has 130 valence electrons. The Morgan fingerprint density at radius 3 is 2.75 bits per heavy atom. The predicted molar refractivity (Wildman–Crippen MR) is 97.0 cm³/mol. The number of nitrogens with zero attached hydrogens (tertiary/aromatic N) is 4. The number of benzene rings is 1. The van der Waals surface area contributed by atoms with Gasteiger partial charge in [-0.1, -0.05) is 12.1 Å². The Labute approximate surface area is 147 Å². The molecule has 8 heteroatoms. The van der Waals surface area contributed by atoms with E-state index in [0.29, 0.717) is 24.7 Å². The van der Waals surface area contributed by atoms with E-state index >= 15 is 0 Å². The third-order valence-corrected chi connectivity index (χ3v) is 3.97. The zero-order chi connectivity index (χ0) is 16.2. The molecular formula is C16H23ClN6O. The summed E-state index contributed by atoms with van der Waals surface area (Å²) >= 11 is 0. The summed E-state index contributed by atoms with van der Waals surface area (Å²) in [7, 11) is 1.90. The summed E-state index contributed by atoms with van der Waals surface area (Å²) in [6.45, 7) is 4.11. The second kappa shape index (κ2) is 8.23. The highest BCUT2D eigenvalue weighted by molar-refractivity contribution is 5.87. The van der Waals surface area contributed by atoms with Crippen LogP contribution in [0.25, 0.3) is 10.9 Å². The molecule has 7 nitrogen and oxygen atoms in total. The van der Waals surface area contributed by atoms with E-state index in [1.165, 1.54) is 0 Å². The van der Waals surface area contributed by atoms with Gasteiger partial charge in [-0.25, -0.2) is 9.97 Å². The lowest BCUT2D eigenvalue weighted by atomic mass is 10.2. The van der Waals surface area contributed by atoms with Gasteiger partial charge in [-0.2, -0.15) is 0 Å². The van der Waals surface area contributed by atoms with Gasteiger partial charge >= 0.3 is 0 Å². The maximum atomic E-state index is 12.3. The Morgan fingerprint density at radius 1 is 1.29 bits per heavy atom. The van der Waals surface area contributed by atoms with Crippen LogP contribution in [-0.2, 0) is 11.3 Å². The molecule has 0 radical (unpaired) electrons. The quantitative estimate of drug-likeness (QED) is 0.835. The van der Waals surface area contributed by atoms with Crippen molar-refractivity contribution < 1.29 is 4.79 Å². The molecule has 3 rings (SSSR count). The van der Waals surface area contributed by atoms with Gasteiger partial charge < -0.3 is 16.0 Å². The van der Waals surface area contributed by atoms with Crippen LogP contribution in [0.4, 0.5) is 5.82 Å². The number of piperazine rings is 1. The second-order valence-corrected chi connectivity index (χ2v) is 5.85. The van der Waals surface area contributed by atoms with Gasteiger partial charge in [0.1, 0.15) is 11.6 Å². The molecule has 0 atom stereocenters. The normalized spacial score (nSPS) is 14.7. The van der Waals surface area contributed by atoms with Crippen LogP contribution in [0.15, 0.2) is 24.3 Å². The lowest BCUT2D eigenvalue weighted by Gasteiger charge is -2.29. The molecule has 0 bridgehead atoms. The van der Waals surface area contributed by atoms with Crippen LogP contribution >= 0.6 is 12.4 Å². The minimum atomic E-state index is 0. The second-order valence-electron chi connectivity index (χ2n) is 5.85. The van der Waals surface area contributed by atoms with Gasteiger partial charge in [0.05, 0.1) is 18.6 Å². The van der Waals surface area contributed by atoms with Crippen molar-refractivity contribution in [2.45, 2.75) is 6.54 Å². The van der Waals surface area contributed by atoms with Crippen LogP contribution in [0.3, 0.4) is 0 Å². The van der Waals surface area contributed by atoms with Gasteiger partial charge in [0.15, 0.2) is 0 Å². The summed E-state index contributed by atoms with van der Waals surface area (Å²) in [5.74, 6) is 1.26. The van der Waals surface area contributed by atoms with Gasteiger partial charge in [0.25, 0.3) is 0 Å². The summed E-state index contributed by atoms with van der Waals surface area (Å²) in [5.41, 5.74) is 6.83. The highest BCUT2D eigenvalue weighted by Crippen LogP contribution is 2.17. The van der Waals surface area contributed by atoms with E-state index in [0.717, 1.165) is 37.1 Å². The lowest BCUT2D eigenvalue weighted by Crippen LogP contribution is -2.49. The van der Waals surface area contributed by atoms with Crippen LogP contribution in [0.5, 0.6) is 0 Å². The number of likely N-dealkylation sites (N-methyl/N-ethyl adjacent to an activating group) is 1. The number of nitrogen functional groups attached to an aromatic ring is 1. The van der Waals surface area contributed by atoms with Crippen molar-refractivity contribution in [1.82, 2.24) is 25.1 Å². The molecule has 0 saturated carbocycles. The Morgan fingerprint density at radius 2 is 2.00 bits per heavy atom. The number of fused-ring (bicyclic) bond motifs is 1. The van der Waals surface area contributed by atoms with Crippen molar-refractivity contribution >= 4 is 35.0 Å². The SMILES string of the molecule is CN(CC(=O)N1CCNCC1)Cc1nc(N)c2ccccc2n1.Cl. The number of nitrogens with one attached hydrogen (secondary N) is 1. The van der Waals surface area contributed by atoms with E-state index < -0.39 is 0 Å². The van der Waals surface area contributed by atoms with E-state index in [1.807, 2.05) is 41.1 Å². The van der Waals surface area contributed by atoms with Crippen molar-refractivity contribution in [2.75, 3.05) is 45.5 Å². The minimum absolute atomic E-state index is 0. The van der Waals surface area contributed by atoms with Crippen LogP contribution in [-0.4, -0.2) is 65.4 Å². The van der Waals surface area contributed by atoms with Crippen molar-refractivity contribution in [1.29, 1.82) is 0 Å². The first-order chi connectivity index (χ1) is 11.1. The van der Waals surface area contributed by atoms with Gasteiger partial charge in [-0.15, -0.1) is 12.4 Å². The van der Waals surface area contributed by atoms with Gasteiger partial charge in [0, 0.05) is 31.6 Å². The summed E-state index contributed by atoms with van der Waals surface area (Å²) in [6.07, 6.45) is 0. The molecule has 2 heterocycles. The van der Waals surface area contributed by atoms with Crippen molar-refractivity contribution in [3.8, 4) is 0 Å². The largest absolute Gasteiger partial charge is 0.383 e. The third kappa shape index (κ3) is 4.31. The zero-order valence-corrected chi connectivity index (χ0v) is 14.6. The fraction of sp³-hybridized carbons (Fsp3) is 0.438. The number of anilines is 1. The predicted octanol–water partition coefficient (Wildman–Crippen LogP) is 0.497. The lowest BCUT2D eigenvalue weighted by molar-refractivity contribution is -0.132. The molecule has 1 fully saturated rings. The highest BCUT2D eigenvalue weighted by atomic mass is 35.5. The Kier molecular flexibility index (Phi) is 6.30. The maximum absolute atomic E-state index is 12.3. The number of carbonyl (C=O) groups excluding carboxylic acids is 1. The number of para-hydroxylation sites is 1. The van der Waals surface area contributed by atoms with Crippen molar-refractivity contribution in [2.24, 2.45) is 0 Å². The van der Waals surface area contributed by atoms with E-state index in [1.54, 1.807) is 0 Å². The van der Waals surface area contributed by atoms with Gasteiger partial charge in [-0.05, 0) is 19.2 Å². The van der Waals surface area contributed by atoms with Gasteiger partial charge in [0.2, 0.25) is 5.91 Å². The third-order valence-electron chi connectivity index (χ3n) is 3.97. The molecule has 1 aromatic carbocycles. The molecule has 1 saturated heterocycles. The summed E-state index contributed by atoms with van der Waals surface area (Å²) in [4.78, 5) is 25.0. The first kappa shape index (κ1) is 18.4. The molecule has 1 aromatic heterocycles. The van der Waals surface area contributed by atoms with Crippen molar-refractivity contribution in [3.05, 3.63) is 30.1 Å². The monoisotopic (exact) mass is 350 g/mol. The van der Waals surface area contributed by atoms with E-state index in [2.05, 4.69) is 15.3 Å². The van der Waals surface area contributed by atoms with Crippen LogP contribution < -0.4 is 11.1 Å². The fourth-order valence-electron chi connectivity index (χ4n) is 2.76. The van der Waals surface area contributed by atoms with Crippen LogP contribution in [0, 0.1) is 0 Å². The van der Waals surface area contributed by atoms with Crippen LogP contribution in [0.2, 0.25) is 0 Å². The minimum Gasteiger partial charge on any atom is -0.383 e. The number of halogens is 1. The Bertz CT molecular complexity index is 704. The number of amides is 1. The van der Waals surface area contributed by atoms with E-state index in [4.69, 9.17) is 5.73 Å². The molecule has 0 spiro atoms. The van der Waals surface area contributed by atoms with Crippen LogP contribution in [0.1, 0.15) is 5.82 Å². The molecule has 1 aliphatic heterocycles. The highest BCUT2D eigenvalue weighted by Gasteiger charge is 2.18. The average molecular weight is 351 g/mol. The molecule has 0 aliphatic carbocycles. The first-order valence-electron chi connectivity index (χ1n) is 7.81. The summed E-state index contributed by atoms with van der Waals surface area (Å²) < 4.78 is 0. The maximum Gasteiger partial charge on any atom is 0.236 e. The average Bonchev–Trinajstić information content (AvgIpc) is 2.55. The number of nitrogens with two attached hydrogens (primary N) is 1. The van der Waals surface area contributed by atoms with E-state index in [-0.39, 0.29) is 18.3 Å². The number of hydrogen-bond acceptors (Lipinski definition) is 6. The topological polar surface area (TPSA) is 87.4 Å². The standard InChI is InChI=1S/C16H22N6O.ClH/c1-21(11-15(23)22-8-6-18-7-9-22)10-14-19-13-5-3-2-4-12(13)16(17)20-14;/h2-5,18H,6-11H2,1H3,(H2,17,19,20);1H. The molecule has 2 aromatic rings. The first-order valence-corrected chi connectivity index (χ1v) is 7.81. The Balaban J connectivity index is 0.00000208. The molecule has 1 aliphatic rings. The number of hydrogen-bond donors (Lipinski definition) is 2. The summed E-state index contributed by atoms with van der Waals surface area (Å²) in [6, 6.07) is 7.67. The molecule has 0 unspecified atom stereocenters.